The molecule has 0 amide bonds. The summed E-state index contributed by atoms with van der Waals surface area (Å²) in [5.74, 6) is 1.83. The van der Waals surface area contributed by atoms with Crippen molar-refractivity contribution in [1.82, 2.24) is 10.6 Å². The molecule has 5 nitrogen and oxygen atoms in total. The van der Waals surface area contributed by atoms with Gasteiger partial charge in [0.25, 0.3) is 0 Å². The van der Waals surface area contributed by atoms with Gasteiger partial charge in [-0.25, -0.2) is 0 Å². The van der Waals surface area contributed by atoms with E-state index < -0.39 is 0 Å². The van der Waals surface area contributed by atoms with Crippen molar-refractivity contribution >= 4 is 5.96 Å². The molecule has 0 aliphatic rings. The number of guanidine groups is 1. The summed E-state index contributed by atoms with van der Waals surface area (Å²) in [5, 5.41) is 6.57. The van der Waals surface area contributed by atoms with Gasteiger partial charge in [0, 0.05) is 32.7 Å². The van der Waals surface area contributed by atoms with Crippen molar-refractivity contribution in [1.29, 1.82) is 0 Å². The van der Waals surface area contributed by atoms with Crippen LogP contribution in [0.4, 0.5) is 0 Å². The number of hydrogen-bond donors (Lipinski definition) is 2. The number of nitrogens with zero attached hydrogens (tertiary/aromatic N) is 1. The van der Waals surface area contributed by atoms with Crippen LogP contribution in [0.5, 0.6) is 0 Å². The fraction of sp³-hybridized carbons (Fsp3) is 0.450. The maximum Gasteiger partial charge on any atom is 0.191 e. The molecule has 0 atom stereocenters. The van der Waals surface area contributed by atoms with Gasteiger partial charge < -0.3 is 19.8 Å². The van der Waals surface area contributed by atoms with Gasteiger partial charge in [-0.2, -0.15) is 0 Å². The molecule has 0 aliphatic carbocycles. The van der Waals surface area contributed by atoms with Crippen LogP contribution in [0.25, 0.3) is 0 Å². The molecular formula is C20H29N3O2. The van der Waals surface area contributed by atoms with E-state index in [1.54, 1.807) is 6.26 Å². The first-order valence-electron chi connectivity index (χ1n) is 9.04. The Balaban J connectivity index is 1.55. The smallest absolute Gasteiger partial charge is 0.191 e. The van der Waals surface area contributed by atoms with E-state index in [2.05, 4.69) is 46.8 Å². The lowest BCUT2D eigenvalue weighted by Gasteiger charge is -2.10. The Morgan fingerprint density at radius 3 is 2.68 bits per heavy atom. The molecule has 2 rings (SSSR count). The normalized spacial score (nSPS) is 11.5. The SMILES string of the molecule is CCNC(=NCCCOCCc1ccccc1)NCCc1ccco1. The van der Waals surface area contributed by atoms with Crippen molar-refractivity contribution in [2.45, 2.75) is 26.2 Å². The van der Waals surface area contributed by atoms with Gasteiger partial charge in [0.1, 0.15) is 5.76 Å². The summed E-state index contributed by atoms with van der Waals surface area (Å²) < 4.78 is 11.0. The quantitative estimate of drug-likeness (QED) is 0.374. The Kier molecular flexibility index (Phi) is 9.26. The minimum atomic E-state index is 0.738. The molecule has 5 heteroatoms. The lowest BCUT2D eigenvalue weighted by atomic mass is 10.2. The first-order chi connectivity index (χ1) is 12.4. The molecule has 0 saturated carbocycles. The van der Waals surface area contributed by atoms with Crippen molar-refractivity contribution in [3.8, 4) is 0 Å². The second-order valence-corrected chi connectivity index (χ2v) is 5.72. The minimum Gasteiger partial charge on any atom is -0.469 e. The summed E-state index contributed by atoms with van der Waals surface area (Å²) in [5.41, 5.74) is 1.32. The lowest BCUT2D eigenvalue weighted by molar-refractivity contribution is 0.136. The summed E-state index contributed by atoms with van der Waals surface area (Å²) in [4.78, 5) is 4.57. The average Bonchev–Trinajstić information content (AvgIpc) is 3.15. The topological polar surface area (TPSA) is 58.8 Å². The van der Waals surface area contributed by atoms with Gasteiger partial charge in [-0.15, -0.1) is 0 Å². The van der Waals surface area contributed by atoms with Gasteiger partial charge in [-0.1, -0.05) is 30.3 Å². The molecule has 0 aliphatic heterocycles. The third kappa shape index (κ3) is 8.40. The van der Waals surface area contributed by atoms with Gasteiger partial charge in [0.15, 0.2) is 5.96 Å². The van der Waals surface area contributed by atoms with Crippen LogP contribution >= 0.6 is 0 Å². The molecule has 0 saturated heterocycles. The number of aliphatic imine (C=N–C) groups is 1. The fourth-order valence-electron chi connectivity index (χ4n) is 2.39. The summed E-state index contributed by atoms with van der Waals surface area (Å²) in [6.45, 7) is 5.96. The maximum absolute atomic E-state index is 5.69. The van der Waals surface area contributed by atoms with Crippen molar-refractivity contribution in [2.24, 2.45) is 4.99 Å². The Hall–Kier alpha value is -2.27. The Morgan fingerprint density at radius 1 is 1.04 bits per heavy atom. The molecule has 1 aromatic carbocycles. The predicted molar refractivity (Wildman–Crippen MR) is 102 cm³/mol. The van der Waals surface area contributed by atoms with Gasteiger partial charge in [-0.3, -0.25) is 4.99 Å². The first kappa shape index (κ1) is 19.1. The van der Waals surface area contributed by atoms with E-state index >= 15 is 0 Å². The van der Waals surface area contributed by atoms with E-state index in [1.807, 2.05) is 18.2 Å². The molecule has 2 N–H and O–H groups in total. The van der Waals surface area contributed by atoms with Crippen LogP contribution in [0.3, 0.4) is 0 Å². The van der Waals surface area contributed by atoms with Crippen molar-refractivity contribution in [3.05, 3.63) is 60.1 Å². The fourth-order valence-corrected chi connectivity index (χ4v) is 2.39. The zero-order valence-electron chi connectivity index (χ0n) is 15.0. The van der Waals surface area contributed by atoms with E-state index in [4.69, 9.17) is 9.15 Å². The molecule has 0 bridgehead atoms. The zero-order valence-corrected chi connectivity index (χ0v) is 15.0. The van der Waals surface area contributed by atoms with Crippen LogP contribution in [0, 0.1) is 0 Å². The molecular weight excluding hydrogens is 314 g/mol. The number of furan rings is 1. The van der Waals surface area contributed by atoms with E-state index in [0.717, 1.165) is 63.8 Å². The largest absolute Gasteiger partial charge is 0.469 e. The second-order valence-electron chi connectivity index (χ2n) is 5.72. The molecule has 25 heavy (non-hydrogen) atoms. The first-order valence-corrected chi connectivity index (χ1v) is 9.04. The van der Waals surface area contributed by atoms with E-state index in [9.17, 15) is 0 Å². The number of hydrogen-bond acceptors (Lipinski definition) is 3. The number of ether oxygens (including phenoxy) is 1. The Labute approximate surface area is 150 Å². The van der Waals surface area contributed by atoms with Gasteiger partial charge in [0.05, 0.1) is 12.9 Å². The minimum absolute atomic E-state index is 0.738. The third-order valence-electron chi connectivity index (χ3n) is 3.68. The Bertz CT molecular complexity index is 582. The van der Waals surface area contributed by atoms with Crippen LogP contribution in [0.15, 0.2) is 58.1 Å². The lowest BCUT2D eigenvalue weighted by Crippen LogP contribution is -2.38. The molecule has 0 unspecified atom stereocenters. The van der Waals surface area contributed by atoms with Crippen LogP contribution in [0.2, 0.25) is 0 Å². The van der Waals surface area contributed by atoms with Crippen LogP contribution in [-0.2, 0) is 17.6 Å². The summed E-state index contributed by atoms with van der Waals surface area (Å²) in [7, 11) is 0. The van der Waals surface area contributed by atoms with E-state index in [-0.39, 0.29) is 0 Å². The molecule has 2 aromatic rings. The molecule has 0 fully saturated rings. The van der Waals surface area contributed by atoms with Crippen molar-refractivity contribution in [2.75, 3.05) is 32.8 Å². The van der Waals surface area contributed by atoms with Crippen molar-refractivity contribution < 1.29 is 9.15 Å². The number of nitrogens with one attached hydrogen (secondary N) is 2. The van der Waals surface area contributed by atoms with Crippen molar-refractivity contribution in [3.63, 3.8) is 0 Å². The van der Waals surface area contributed by atoms with Gasteiger partial charge in [-0.05, 0) is 37.5 Å². The van der Waals surface area contributed by atoms with E-state index in [1.165, 1.54) is 5.56 Å². The molecule has 136 valence electrons. The molecule has 0 radical (unpaired) electrons. The summed E-state index contributed by atoms with van der Waals surface area (Å²) in [6, 6.07) is 14.3. The van der Waals surface area contributed by atoms with Crippen LogP contribution in [-0.4, -0.2) is 38.8 Å². The highest BCUT2D eigenvalue weighted by molar-refractivity contribution is 5.79. The maximum atomic E-state index is 5.69. The molecule has 0 spiro atoms. The second kappa shape index (κ2) is 12.1. The van der Waals surface area contributed by atoms with Crippen LogP contribution in [0.1, 0.15) is 24.7 Å². The monoisotopic (exact) mass is 343 g/mol. The number of benzene rings is 1. The van der Waals surface area contributed by atoms with E-state index in [0.29, 0.717) is 0 Å². The van der Waals surface area contributed by atoms with Gasteiger partial charge >= 0.3 is 0 Å². The highest BCUT2D eigenvalue weighted by atomic mass is 16.5. The third-order valence-corrected chi connectivity index (χ3v) is 3.68. The highest BCUT2D eigenvalue weighted by Gasteiger charge is 1.99. The Morgan fingerprint density at radius 2 is 1.92 bits per heavy atom. The number of rotatable bonds is 11. The standard InChI is InChI=1S/C20H29N3O2/c1-2-21-20(23-14-11-19-10-6-16-25-19)22-13-7-15-24-17-12-18-8-4-3-5-9-18/h3-6,8-10,16H,2,7,11-15,17H2,1H3,(H2,21,22,23). The average molecular weight is 343 g/mol. The molecule has 1 aromatic heterocycles. The predicted octanol–water partition coefficient (Wildman–Crippen LogP) is 3.03. The van der Waals surface area contributed by atoms with Gasteiger partial charge in [0.2, 0.25) is 0 Å². The summed E-state index contributed by atoms with van der Waals surface area (Å²) in [6.07, 6.45) is 4.43. The highest BCUT2D eigenvalue weighted by Crippen LogP contribution is 2.00. The summed E-state index contributed by atoms with van der Waals surface area (Å²) >= 11 is 0. The molecule has 1 heterocycles. The zero-order chi connectivity index (χ0) is 17.6. The van der Waals surface area contributed by atoms with Crippen LogP contribution < -0.4 is 10.6 Å².